The zero-order valence-corrected chi connectivity index (χ0v) is 14.0. The third-order valence-corrected chi connectivity index (χ3v) is 5.41. The highest BCUT2D eigenvalue weighted by atomic mass is 16.1. The molecule has 1 heterocycles. The quantitative estimate of drug-likeness (QED) is 0.777. The Kier molecular flexibility index (Phi) is 4.91. The molecule has 1 aliphatic heterocycles. The topological polar surface area (TPSA) is 23.6 Å². The van der Waals surface area contributed by atoms with Gasteiger partial charge in [0.1, 0.15) is 5.78 Å². The van der Waals surface area contributed by atoms with Crippen LogP contribution in [0.3, 0.4) is 0 Å². The highest BCUT2D eigenvalue weighted by Gasteiger charge is 2.36. The van der Waals surface area contributed by atoms with Gasteiger partial charge in [0.25, 0.3) is 0 Å². The summed E-state index contributed by atoms with van der Waals surface area (Å²) in [5, 5.41) is 0. The lowest BCUT2D eigenvalue weighted by molar-refractivity contribution is -0.127. The van der Waals surface area contributed by atoms with E-state index >= 15 is 0 Å². The van der Waals surface area contributed by atoms with Crippen molar-refractivity contribution in [1.82, 2.24) is 9.80 Å². The average Bonchev–Trinajstić information content (AvgIpc) is 2.33. The zero-order valence-electron chi connectivity index (χ0n) is 14.0. The summed E-state index contributed by atoms with van der Waals surface area (Å²) in [7, 11) is 2.19. The minimum atomic E-state index is 0.277. The van der Waals surface area contributed by atoms with E-state index in [-0.39, 0.29) is 5.92 Å². The largest absolute Gasteiger partial charge is 0.304 e. The Morgan fingerprint density at radius 3 is 2.55 bits per heavy atom. The van der Waals surface area contributed by atoms with Crippen LogP contribution in [0.2, 0.25) is 0 Å². The molecule has 20 heavy (non-hydrogen) atoms. The first-order valence-corrected chi connectivity index (χ1v) is 8.22. The normalized spacial score (nSPS) is 34.5. The van der Waals surface area contributed by atoms with Crippen LogP contribution in [0.5, 0.6) is 0 Å². The Morgan fingerprint density at radius 1 is 1.25 bits per heavy atom. The molecule has 0 spiro atoms. The lowest BCUT2D eigenvalue weighted by Crippen LogP contribution is -2.53. The molecule has 2 aliphatic rings. The molecule has 3 atom stereocenters. The van der Waals surface area contributed by atoms with Crippen LogP contribution >= 0.6 is 0 Å². The molecule has 1 aliphatic carbocycles. The molecule has 1 saturated heterocycles. The predicted molar refractivity (Wildman–Crippen MR) is 83.8 cm³/mol. The van der Waals surface area contributed by atoms with Gasteiger partial charge in [-0.2, -0.15) is 0 Å². The molecule has 0 N–H and O–H groups in total. The van der Waals surface area contributed by atoms with E-state index in [1.54, 1.807) is 0 Å². The van der Waals surface area contributed by atoms with Crippen molar-refractivity contribution in [2.75, 3.05) is 33.2 Å². The van der Waals surface area contributed by atoms with Gasteiger partial charge in [-0.1, -0.05) is 20.8 Å². The van der Waals surface area contributed by atoms with Gasteiger partial charge in [0, 0.05) is 44.6 Å². The van der Waals surface area contributed by atoms with Crippen LogP contribution in [0.1, 0.15) is 47.0 Å². The van der Waals surface area contributed by atoms with Gasteiger partial charge in [-0.15, -0.1) is 0 Å². The SMILES string of the molecule is CC1CN(C)CCN1CC1CC(C(C)(C)C)CCC1=O. The van der Waals surface area contributed by atoms with Gasteiger partial charge >= 0.3 is 0 Å². The minimum Gasteiger partial charge on any atom is -0.304 e. The van der Waals surface area contributed by atoms with E-state index in [1.165, 1.54) is 0 Å². The molecule has 1 saturated carbocycles. The van der Waals surface area contributed by atoms with Crippen LogP contribution in [0.4, 0.5) is 0 Å². The highest BCUT2D eigenvalue weighted by Crippen LogP contribution is 2.39. The van der Waals surface area contributed by atoms with Crippen molar-refractivity contribution in [3.8, 4) is 0 Å². The summed E-state index contributed by atoms with van der Waals surface area (Å²) in [4.78, 5) is 17.2. The van der Waals surface area contributed by atoms with Crippen LogP contribution in [-0.2, 0) is 4.79 Å². The molecule has 3 unspecified atom stereocenters. The number of piperazine rings is 1. The first kappa shape index (κ1) is 16.0. The molecule has 0 radical (unpaired) electrons. The number of carbonyl (C=O) groups excluding carboxylic acids is 1. The van der Waals surface area contributed by atoms with Crippen molar-refractivity contribution in [3.05, 3.63) is 0 Å². The maximum Gasteiger partial charge on any atom is 0.137 e. The Hall–Kier alpha value is -0.410. The van der Waals surface area contributed by atoms with Gasteiger partial charge in [0.15, 0.2) is 0 Å². The summed E-state index contributed by atoms with van der Waals surface area (Å²) in [5.74, 6) is 1.49. The lowest BCUT2D eigenvalue weighted by Gasteiger charge is -2.42. The molecule has 2 fully saturated rings. The smallest absolute Gasteiger partial charge is 0.137 e. The van der Waals surface area contributed by atoms with E-state index in [2.05, 4.69) is 44.5 Å². The number of Topliss-reactive ketones (excluding diaryl/α,β-unsaturated/α-hetero) is 1. The second kappa shape index (κ2) is 6.15. The van der Waals surface area contributed by atoms with E-state index in [1.807, 2.05) is 0 Å². The molecular weight excluding hydrogens is 248 g/mol. The van der Waals surface area contributed by atoms with Crippen LogP contribution in [0.15, 0.2) is 0 Å². The standard InChI is InChI=1S/C17H32N2O/c1-13-11-18(5)8-9-19(13)12-14-10-15(17(2,3)4)6-7-16(14)20/h13-15H,6-12H2,1-5H3. The zero-order chi connectivity index (χ0) is 14.9. The molecule has 3 heteroatoms. The maximum absolute atomic E-state index is 12.3. The third kappa shape index (κ3) is 3.82. The van der Waals surface area contributed by atoms with Crippen LogP contribution < -0.4 is 0 Å². The molecule has 3 nitrogen and oxygen atoms in total. The van der Waals surface area contributed by atoms with Gasteiger partial charge in [-0.25, -0.2) is 0 Å². The van der Waals surface area contributed by atoms with Gasteiger partial charge < -0.3 is 4.90 Å². The third-order valence-electron chi connectivity index (χ3n) is 5.41. The van der Waals surface area contributed by atoms with E-state index in [9.17, 15) is 4.79 Å². The van der Waals surface area contributed by atoms with Crippen molar-refractivity contribution < 1.29 is 4.79 Å². The van der Waals surface area contributed by atoms with Crippen LogP contribution in [-0.4, -0.2) is 54.9 Å². The number of ketones is 1. The number of hydrogen-bond acceptors (Lipinski definition) is 3. The summed E-state index contributed by atoms with van der Waals surface area (Å²) in [6.45, 7) is 13.6. The second-order valence-electron chi connectivity index (χ2n) is 8.11. The first-order valence-electron chi connectivity index (χ1n) is 8.22. The fraction of sp³-hybridized carbons (Fsp3) is 0.941. The number of carbonyl (C=O) groups is 1. The summed E-state index contributed by atoms with van der Waals surface area (Å²) >= 11 is 0. The molecule has 0 aromatic carbocycles. The van der Waals surface area contributed by atoms with Gasteiger partial charge in [-0.3, -0.25) is 9.69 Å². The number of hydrogen-bond donors (Lipinski definition) is 0. The second-order valence-corrected chi connectivity index (χ2v) is 8.11. The summed E-state index contributed by atoms with van der Waals surface area (Å²) in [6, 6.07) is 0.580. The maximum atomic E-state index is 12.3. The van der Waals surface area contributed by atoms with E-state index in [0.29, 0.717) is 23.2 Å². The first-order chi connectivity index (χ1) is 9.27. The molecule has 0 aromatic rings. The number of likely N-dealkylation sites (N-methyl/N-ethyl adjacent to an activating group) is 1. The van der Waals surface area contributed by atoms with Crippen molar-refractivity contribution in [1.29, 1.82) is 0 Å². The Bertz CT molecular complexity index is 347. The fourth-order valence-corrected chi connectivity index (χ4v) is 3.81. The molecule has 116 valence electrons. The monoisotopic (exact) mass is 280 g/mol. The van der Waals surface area contributed by atoms with Crippen LogP contribution in [0, 0.1) is 17.3 Å². The van der Waals surface area contributed by atoms with Gasteiger partial charge in [-0.05, 0) is 38.1 Å². The van der Waals surface area contributed by atoms with E-state index < -0.39 is 0 Å². The number of rotatable bonds is 2. The average molecular weight is 280 g/mol. The fourth-order valence-electron chi connectivity index (χ4n) is 3.81. The Labute approximate surface area is 124 Å². The molecule has 0 aromatic heterocycles. The van der Waals surface area contributed by atoms with E-state index in [0.717, 1.165) is 45.4 Å². The predicted octanol–water partition coefficient (Wildman–Crippen LogP) is 2.65. The molecule has 2 rings (SSSR count). The van der Waals surface area contributed by atoms with Gasteiger partial charge in [0.05, 0.1) is 0 Å². The Morgan fingerprint density at radius 2 is 1.95 bits per heavy atom. The minimum absolute atomic E-state index is 0.277. The number of nitrogens with zero attached hydrogens (tertiary/aromatic N) is 2. The Balaban J connectivity index is 1.95. The summed E-state index contributed by atoms with van der Waals surface area (Å²) in [6.07, 6.45) is 2.99. The van der Waals surface area contributed by atoms with E-state index in [4.69, 9.17) is 0 Å². The molecule has 0 bridgehead atoms. The van der Waals surface area contributed by atoms with Gasteiger partial charge in [0.2, 0.25) is 0 Å². The van der Waals surface area contributed by atoms with Crippen molar-refractivity contribution in [3.63, 3.8) is 0 Å². The summed E-state index contributed by atoms with van der Waals surface area (Å²) in [5.41, 5.74) is 0.340. The lowest BCUT2D eigenvalue weighted by atomic mass is 9.68. The van der Waals surface area contributed by atoms with Crippen molar-refractivity contribution in [2.45, 2.75) is 53.0 Å². The molecular formula is C17H32N2O. The molecule has 0 amide bonds. The van der Waals surface area contributed by atoms with Crippen molar-refractivity contribution in [2.24, 2.45) is 17.3 Å². The van der Waals surface area contributed by atoms with Crippen LogP contribution in [0.25, 0.3) is 0 Å². The van der Waals surface area contributed by atoms with Crippen molar-refractivity contribution >= 4 is 5.78 Å². The highest BCUT2D eigenvalue weighted by molar-refractivity contribution is 5.82. The summed E-state index contributed by atoms with van der Waals surface area (Å²) < 4.78 is 0.